The second-order valence-corrected chi connectivity index (χ2v) is 3.54. The molecule has 0 aromatic carbocycles. The Morgan fingerprint density at radius 1 is 1.50 bits per heavy atom. The maximum atomic E-state index is 10.8. The van der Waals surface area contributed by atoms with Crippen molar-refractivity contribution < 1.29 is 12.6 Å². The van der Waals surface area contributed by atoms with Crippen molar-refractivity contribution >= 4 is 10.1 Å². The molecule has 0 heterocycles. The Morgan fingerprint density at radius 2 is 2.17 bits per heavy atom. The molecular weight excluding hydrogens is 176 g/mol. The van der Waals surface area contributed by atoms with E-state index in [0.717, 1.165) is 0 Å². The summed E-state index contributed by atoms with van der Waals surface area (Å²) in [6.07, 6.45) is 5.21. The topological polar surface area (TPSA) is 43.4 Å². The van der Waals surface area contributed by atoms with E-state index in [1.54, 1.807) is 6.92 Å². The molecule has 0 aliphatic rings. The van der Waals surface area contributed by atoms with Crippen LogP contribution >= 0.6 is 0 Å². The van der Waals surface area contributed by atoms with Crippen LogP contribution in [0.4, 0.5) is 0 Å². The van der Waals surface area contributed by atoms with Gasteiger partial charge < -0.3 is 0 Å². The summed E-state index contributed by atoms with van der Waals surface area (Å²) < 4.78 is 26.1. The lowest BCUT2D eigenvalue weighted by atomic mass is 10.5. The molecule has 0 rings (SSSR count). The van der Waals surface area contributed by atoms with Gasteiger partial charge in [0.2, 0.25) is 0 Å². The fourth-order valence-corrected chi connectivity index (χ4v) is 1.11. The van der Waals surface area contributed by atoms with Crippen LogP contribution in [-0.4, -0.2) is 20.8 Å². The summed E-state index contributed by atoms with van der Waals surface area (Å²) in [6.45, 7) is 1.75. The average Bonchev–Trinajstić information content (AvgIpc) is 1.98. The summed E-state index contributed by atoms with van der Waals surface area (Å²) in [5, 5.41) is 0. The molecule has 0 bridgehead atoms. The predicted molar refractivity (Wildman–Crippen MR) is 46.6 cm³/mol. The summed E-state index contributed by atoms with van der Waals surface area (Å²) in [4.78, 5) is 0. The zero-order valence-electron chi connectivity index (χ0n) is 6.83. The van der Waals surface area contributed by atoms with Gasteiger partial charge in [-0.15, -0.1) is 18.3 Å². The van der Waals surface area contributed by atoms with E-state index in [2.05, 4.69) is 16.0 Å². The van der Waals surface area contributed by atoms with Gasteiger partial charge in [0.15, 0.2) is 0 Å². The van der Waals surface area contributed by atoms with Gasteiger partial charge in [-0.3, -0.25) is 4.18 Å². The third kappa shape index (κ3) is 5.79. The van der Waals surface area contributed by atoms with E-state index in [1.807, 2.05) is 5.92 Å². The van der Waals surface area contributed by atoms with E-state index in [1.165, 1.54) is 0 Å². The van der Waals surface area contributed by atoms with E-state index >= 15 is 0 Å². The van der Waals surface area contributed by atoms with Gasteiger partial charge in [-0.25, -0.2) is 0 Å². The molecule has 0 aromatic rings. The van der Waals surface area contributed by atoms with Crippen LogP contribution in [0.2, 0.25) is 0 Å². The lowest BCUT2D eigenvalue weighted by Gasteiger charge is -1.98. The minimum absolute atomic E-state index is 0.0743. The van der Waals surface area contributed by atoms with Gasteiger partial charge in [0.05, 0.1) is 6.61 Å². The van der Waals surface area contributed by atoms with Gasteiger partial charge in [0, 0.05) is 6.42 Å². The molecule has 0 saturated carbocycles. The first-order valence-electron chi connectivity index (χ1n) is 3.32. The van der Waals surface area contributed by atoms with Crippen molar-refractivity contribution in [1.82, 2.24) is 0 Å². The molecule has 4 heteroatoms. The summed E-state index contributed by atoms with van der Waals surface area (Å²) in [5.41, 5.74) is 0. The SMILES string of the molecule is C#CCS(=O)(=O)OCCC#CC. The number of hydrogen-bond donors (Lipinski definition) is 0. The molecule has 0 amide bonds. The van der Waals surface area contributed by atoms with E-state index in [9.17, 15) is 8.42 Å². The molecular formula is C8H10O3S. The fourth-order valence-electron chi connectivity index (χ4n) is 0.488. The second kappa shape index (κ2) is 5.65. The summed E-state index contributed by atoms with van der Waals surface area (Å²) in [6, 6.07) is 0. The third-order valence-corrected chi connectivity index (χ3v) is 1.97. The highest BCUT2D eigenvalue weighted by Gasteiger charge is 2.06. The Balaban J connectivity index is 3.76. The molecule has 0 spiro atoms. The lowest BCUT2D eigenvalue weighted by molar-refractivity contribution is 0.329. The highest BCUT2D eigenvalue weighted by molar-refractivity contribution is 7.86. The average molecular weight is 186 g/mol. The minimum Gasteiger partial charge on any atom is -0.268 e. The molecule has 66 valence electrons. The molecule has 0 N–H and O–H groups in total. The van der Waals surface area contributed by atoms with Crippen molar-refractivity contribution in [3.63, 3.8) is 0 Å². The largest absolute Gasteiger partial charge is 0.278 e. The molecule has 0 aliphatic carbocycles. The Kier molecular flexibility index (Phi) is 5.19. The first-order valence-corrected chi connectivity index (χ1v) is 4.90. The monoisotopic (exact) mass is 186 g/mol. The molecule has 0 unspecified atom stereocenters. The van der Waals surface area contributed by atoms with E-state index < -0.39 is 10.1 Å². The van der Waals surface area contributed by atoms with Crippen LogP contribution in [0.1, 0.15) is 13.3 Å². The Labute approximate surface area is 73.2 Å². The second-order valence-electron chi connectivity index (χ2n) is 1.90. The summed E-state index contributed by atoms with van der Waals surface area (Å²) >= 11 is 0. The third-order valence-electron chi connectivity index (χ3n) is 0.927. The predicted octanol–water partition coefficient (Wildman–Crippen LogP) is 0.379. The van der Waals surface area contributed by atoms with Crippen LogP contribution in [0, 0.1) is 24.2 Å². The van der Waals surface area contributed by atoms with Crippen LogP contribution in [0.15, 0.2) is 0 Å². The maximum Gasteiger partial charge on any atom is 0.278 e. The highest BCUT2D eigenvalue weighted by Crippen LogP contribution is 1.92. The van der Waals surface area contributed by atoms with Crippen LogP contribution in [0.5, 0.6) is 0 Å². The van der Waals surface area contributed by atoms with Crippen LogP contribution in [-0.2, 0) is 14.3 Å². The van der Waals surface area contributed by atoms with Crippen molar-refractivity contribution in [3.05, 3.63) is 0 Å². The first kappa shape index (κ1) is 11.0. The van der Waals surface area contributed by atoms with Crippen molar-refractivity contribution in [2.75, 3.05) is 12.4 Å². The normalized spacial score (nSPS) is 9.67. The van der Waals surface area contributed by atoms with Gasteiger partial charge in [0.25, 0.3) is 10.1 Å². The lowest BCUT2D eigenvalue weighted by Crippen LogP contribution is -2.09. The van der Waals surface area contributed by atoms with Crippen molar-refractivity contribution in [1.29, 1.82) is 0 Å². The Morgan fingerprint density at radius 3 is 2.67 bits per heavy atom. The minimum atomic E-state index is -3.52. The molecule has 0 aliphatic heterocycles. The molecule has 0 saturated heterocycles. The van der Waals surface area contributed by atoms with Gasteiger partial charge >= 0.3 is 0 Å². The molecule has 0 fully saturated rings. The molecule has 12 heavy (non-hydrogen) atoms. The van der Waals surface area contributed by atoms with Crippen LogP contribution in [0.3, 0.4) is 0 Å². The van der Waals surface area contributed by atoms with Crippen molar-refractivity contribution in [2.45, 2.75) is 13.3 Å². The van der Waals surface area contributed by atoms with Crippen molar-refractivity contribution in [2.24, 2.45) is 0 Å². The summed E-state index contributed by atoms with van der Waals surface area (Å²) in [7, 11) is -3.52. The molecule has 0 aromatic heterocycles. The van der Waals surface area contributed by atoms with Crippen molar-refractivity contribution in [3.8, 4) is 24.2 Å². The van der Waals surface area contributed by atoms with E-state index in [-0.39, 0.29) is 12.4 Å². The number of hydrogen-bond acceptors (Lipinski definition) is 3. The fraction of sp³-hybridized carbons (Fsp3) is 0.500. The van der Waals surface area contributed by atoms with E-state index in [4.69, 9.17) is 6.42 Å². The molecule has 0 atom stereocenters. The smallest absolute Gasteiger partial charge is 0.268 e. The van der Waals surface area contributed by atoms with Crippen LogP contribution in [0.25, 0.3) is 0 Å². The summed E-state index contributed by atoms with van der Waals surface area (Å²) in [5.74, 6) is 6.91. The zero-order chi connectivity index (χ0) is 9.45. The van der Waals surface area contributed by atoms with Gasteiger partial charge in [0.1, 0.15) is 5.75 Å². The van der Waals surface area contributed by atoms with Crippen LogP contribution < -0.4 is 0 Å². The highest BCUT2D eigenvalue weighted by atomic mass is 32.2. The van der Waals surface area contributed by atoms with E-state index in [0.29, 0.717) is 6.42 Å². The first-order chi connectivity index (χ1) is 5.62. The maximum absolute atomic E-state index is 10.8. The van der Waals surface area contributed by atoms with Gasteiger partial charge in [-0.05, 0) is 6.92 Å². The van der Waals surface area contributed by atoms with Gasteiger partial charge in [-0.1, -0.05) is 5.92 Å². The number of terminal acetylenes is 1. The quantitative estimate of drug-likeness (QED) is 0.362. The molecule has 0 radical (unpaired) electrons. The zero-order valence-corrected chi connectivity index (χ0v) is 7.65. The molecule has 3 nitrogen and oxygen atoms in total. The standard InChI is InChI=1S/C8H10O3S/c1-3-5-6-7-11-12(9,10)8-4-2/h2H,6-8H2,1H3. The number of rotatable bonds is 4. The van der Waals surface area contributed by atoms with Gasteiger partial charge in [-0.2, -0.15) is 8.42 Å². The Bertz CT molecular complexity index is 310. The Hall–Kier alpha value is -0.970.